The fourth-order valence-corrected chi connectivity index (χ4v) is 5.58. The molecule has 9 nitrogen and oxygen atoms in total. The largest absolute Gasteiger partial charge is 0.271 e. The minimum atomic E-state index is -0.986. The Balaban J connectivity index is 1.26. The SMILES string of the molecule is O=C1[C@@H]2[C@@H](N=NN2CC(=O)N2N=C(c3ccc(Br)cc3)C[C@H]2c2ccccc2)C(=O)N1c1cccc(Br)c1. The summed E-state index contributed by atoms with van der Waals surface area (Å²) < 4.78 is 1.69. The average molecular weight is 636 g/mol. The van der Waals surface area contributed by atoms with E-state index in [1.807, 2.05) is 60.7 Å². The van der Waals surface area contributed by atoms with Gasteiger partial charge in [-0.15, -0.1) is 0 Å². The smallest absolute Gasteiger partial charge is 0.264 e. The molecule has 0 spiro atoms. The van der Waals surface area contributed by atoms with Crippen LogP contribution in [0.5, 0.6) is 0 Å². The van der Waals surface area contributed by atoms with Gasteiger partial charge < -0.3 is 0 Å². The van der Waals surface area contributed by atoms with Crippen molar-refractivity contribution in [3.05, 3.63) is 98.9 Å². The minimum absolute atomic E-state index is 0.240. The van der Waals surface area contributed by atoms with Gasteiger partial charge in [-0.25, -0.2) is 9.91 Å². The Bertz CT molecular complexity index is 1490. The summed E-state index contributed by atoms with van der Waals surface area (Å²) in [6.07, 6.45) is 0.541. The molecule has 3 aliphatic rings. The second kappa shape index (κ2) is 9.88. The van der Waals surface area contributed by atoms with Gasteiger partial charge in [-0.3, -0.25) is 19.4 Å². The van der Waals surface area contributed by atoms with Gasteiger partial charge in [0.1, 0.15) is 6.54 Å². The summed E-state index contributed by atoms with van der Waals surface area (Å²) in [5, 5.41) is 15.6. The van der Waals surface area contributed by atoms with Crippen molar-refractivity contribution in [3.8, 4) is 0 Å². The lowest BCUT2D eigenvalue weighted by atomic mass is 9.98. The maximum atomic E-state index is 13.6. The third-order valence-electron chi connectivity index (χ3n) is 6.75. The number of nitrogens with zero attached hydrogens (tertiary/aromatic N) is 6. The van der Waals surface area contributed by atoms with Gasteiger partial charge in [0.05, 0.1) is 17.4 Å². The van der Waals surface area contributed by atoms with E-state index in [0.29, 0.717) is 12.1 Å². The maximum absolute atomic E-state index is 13.6. The van der Waals surface area contributed by atoms with Gasteiger partial charge in [-0.1, -0.05) is 85.6 Å². The van der Waals surface area contributed by atoms with E-state index in [1.165, 1.54) is 10.0 Å². The van der Waals surface area contributed by atoms with Crippen molar-refractivity contribution in [3.63, 3.8) is 0 Å². The molecule has 3 aromatic carbocycles. The highest BCUT2D eigenvalue weighted by Crippen LogP contribution is 2.35. The average Bonchev–Trinajstić information content (AvgIpc) is 3.60. The van der Waals surface area contributed by atoms with E-state index in [4.69, 9.17) is 5.10 Å². The van der Waals surface area contributed by atoms with Crippen molar-refractivity contribution in [2.75, 3.05) is 11.4 Å². The lowest BCUT2D eigenvalue weighted by Gasteiger charge is -2.25. The fraction of sp³-hybridized carbons (Fsp3) is 0.185. The number of hydrogen-bond donors (Lipinski definition) is 0. The first-order valence-corrected chi connectivity index (χ1v) is 13.5. The third-order valence-corrected chi connectivity index (χ3v) is 7.77. The van der Waals surface area contributed by atoms with Gasteiger partial charge in [-0.05, 0) is 41.5 Å². The molecular formula is C27H20Br2N6O3. The standard InChI is InChI=1S/C27H20Br2N6O3/c28-18-11-9-16(10-12-18)21-14-22(17-5-2-1-3-6-17)35(31-21)23(36)15-33-25-24(30-32-33)26(37)34(27(25)38)20-8-4-7-19(29)13-20/h1-13,22,24-25H,14-15H2/t22-,24+,25-/m0/s1. The molecule has 1 saturated heterocycles. The zero-order chi connectivity index (χ0) is 26.4. The first-order chi connectivity index (χ1) is 18.4. The molecule has 6 rings (SSSR count). The lowest BCUT2D eigenvalue weighted by molar-refractivity contribution is -0.135. The van der Waals surface area contributed by atoms with Crippen molar-refractivity contribution in [2.45, 2.75) is 24.5 Å². The zero-order valence-corrected chi connectivity index (χ0v) is 23.0. The normalized spacial score (nSPS) is 22.3. The molecule has 0 N–H and O–H groups in total. The Hall–Kier alpha value is -3.70. The topological polar surface area (TPSA) is 98.0 Å². The Morgan fingerprint density at radius 2 is 1.66 bits per heavy atom. The van der Waals surface area contributed by atoms with E-state index in [1.54, 1.807) is 18.2 Å². The van der Waals surface area contributed by atoms with Crippen molar-refractivity contribution in [1.82, 2.24) is 10.0 Å². The first kappa shape index (κ1) is 24.6. The van der Waals surface area contributed by atoms with Gasteiger partial charge in [0.2, 0.25) is 0 Å². The van der Waals surface area contributed by atoms with Crippen LogP contribution in [-0.4, -0.2) is 52.1 Å². The van der Waals surface area contributed by atoms with Crippen LogP contribution < -0.4 is 4.90 Å². The van der Waals surface area contributed by atoms with E-state index in [-0.39, 0.29) is 18.5 Å². The first-order valence-electron chi connectivity index (χ1n) is 11.9. The molecule has 3 heterocycles. The highest BCUT2D eigenvalue weighted by molar-refractivity contribution is 9.10. The second-order valence-corrected chi connectivity index (χ2v) is 10.9. The number of carbonyl (C=O) groups excluding carboxylic acids is 3. The molecule has 3 amide bonds. The summed E-state index contributed by atoms with van der Waals surface area (Å²) in [6.45, 7) is -0.240. The quantitative estimate of drug-likeness (QED) is 0.373. The second-order valence-electron chi connectivity index (χ2n) is 9.11. The number of imide groups is 1. The van der Waals surface area contributed by atoms with Crippen molar-refractivity contribution in [1.29, 1.82) is 0 Å². The number of benzene rings is 3. The van der Waals surface area contributed by atoms with Crippen LogP contribution in [0.4, 0.5) is 5.69 Å². The predicted octanol–water partition coefficient (Wildman–Crippen LogP) is 4.88. The summed E-state index contributed by atoms with van der Waals surface area (Å²) in [5.41, 5.74) is 3.10. The van der Waals surface area contributed by atoms with E-state index in [9.17, 15) is 14.4 Å². The lowest BCUT2D eigenvalue weighted by Crippen LogP contribution is -2.44. The van der Waals surface area contributed by atoms with Crippen LogP contribution >= 0.6 is 31.9 Å². The van der Waals surface area contributed by atoms with Gasteiger partial charge in [0.25, 0.3) is 17.7 Å². The maximum Gasteiger partial charge on any atom is 0.264 e. The van der Waals surface area contributed by atoms with Crippen LogP contribution in [0, 0.1) is 0 Å². The van der Waals surface area contributed by atoms with E-state index in [0.717, 1.165) is 30.7 Å². The number of hydrogen-bond acceptors (Lipinski definition) is 7. The van der Waals surface area contributed by atoms with E-state index >= 15 is 0 Å². The number of hydrazone groups is 1. The molecule has 190 valence electrons. The van der Waals surface area contributed by atoms with Crippen molar-refractivity contribution >= 4 is 61.0 Å². The number of halogens is 2. The molecule has 0 unspecified atom stereocenters. The minimum Gasteiger partial charge on any atom is -0.271 e. The molecule has 0 aliphatic carbocycles. The van der Waals surface area contributed by atoms with E-state index < -0.39 is 23.9 Å². The highest BCUT2D eigenvalue weighted by atomic mass is 79.9. The molecule has 3 aliphatic heterocycles. The fourth-order valence-electron chi connectivity index (χ4n) is 4.93. The Morgan fingerprint density at radius 3 is 2.39 bits per heavy atom. The Kier molecular flexibility index (Phi) is 6.40. The summed E-state index contributed by atoms with van der Waals surface area (Å²) in [5.74, 6) is -1.27. The summed E-state index contributed by atoms with van der Waals surface area (Å²) in [4.78, 5) is 41.1. The van der Waals surface area contributed by atoms with Gasteiger partial charge in [-0.2, -0.15) is 10.2 Å². The van der Waals surface area contributed by atoms with Crippen LogP contribution in [0.2, 0.25) is 0 Å². The summed E-state index contributed by atoms with van der Waals surface area (Å²) >= 11 is 6.83. The molecular weight excluding hydrogens is 616 g/mol. The number of anilines is 1. The van der Waals surface area contributed by atoms with Crippen LogP contribution in [0.15, 0.2) is 103 Å². The molecule has 0 saturated carbocycles. The molecule has 11 heteroatoms. The third kappa shape index (κ3) is 4.35. The van der Waals surface area contributed by atoms with Crippen LogP contribution in [0.3, 0.4) is 0 Å². The van der Waals surface area contributed by atoms with Crippen molar-refractivity contribution in [2.24, 2.45) is 15.4 Å². The molecule has 3 atom stereocenters. The monoisotopic (exact) mass is 634 g/mol. The Morgan fingerprint density at radius 1 is 0.895 bits per heavy atom. The van der Waals surface area contributed by atoms with Crippen LogP contribution in [-0.2, 0) is 14.4 Å². The summed E-state index contributed by atoms with van der Waals surface area (Å²) in [7, 11) is 0. The molecule has 38 heavy (non-hydrogen) atoms. The van der Waals surface area contributed by atoms with Gasteiger partial charge in [0, 0.05) is 15.4 Å². The van der Waals surface area contributed by atoms with Gasteiger partial charge in [0.15, 0.2) is 12.1 Å². The van der Waals surface area contributed by atoms with Crippen LogP contribution in [0.25, 0.3) is 0 Å². The molecule has 1 fully saturated rings. The summed E-state index contributed by atoms with van der Waals surface area (Å²) in [6, 6.07) is 22.1. The Labute approximate surface area is 235 Å². The zero-order valence-electron chi connectivity index (χ0n) is 19.8. The molecule has 0 bridgehead atoms. The molecule has 0 radical (unpaired) electrons. The molecule has 3 aromatic rings. The number of carbonyl (C=O) groups is 3. The number of amides is 3. The van der Waals surface area contributed by atoms with Gasteiger partial charge >= 0.3 is 0 Å². The molecule has 0 aromatic heterocycles. The van der Waals surface area contributed by atoms with Crippen LogP contribution in [0.1, 0.15) is 23.6 Å². The van der Waals surface area contributed by atoms with E-state index in [2.05, 4.69) is 42.2 Å². The highest BCUT2D eigenvalue weighted by Gasteiger charge is 2.55. The number of rotatable bonds is 5. The van der Waals surface area contributed by atoms with Crippen molar-refractivity contribution < 1.29 is 14.4 Å². The predicted molar refractivity (Wildman–Crippen MR) is 147 cm³/mol. The number of fused-ring (bicyclic) bond motifs is 1.